The predicted octanol–water partition coefficient (Wildman–Crippen LogP) is 1.57. The molecule has 0 atom stereocenters. The van der Waals surface area contributed by atoms with Gasteiger partial charge < -0.3 is 14.8 Å². The minimum atomic E-state index is -0.112. The van der Waals surface area contributed by atoms with Gasteiger partial charge in [-0.2, -0.15) is 5.10 Å². The number of urea groups is 1. The zero-order chi connectivity index (χ0) is 15.6. The fourth-order valence-corrected chi connectivity index (χ4v) is 2.46. The maximum Gasteiger partial charge on any atom is 0.316 e. The van der Waals surface area contributed by atoms with Gasteiger partial charge in [0.25, 0.3) is 0 Å². The highest BCUT2D eigenvalue weighted by atomic mass is 35.5. The lowest BCUT2D eigenvalue weighted by Gasteiger charge is -2.13. The summed E-state index contributed by atoms with van der Waals surface area (Å²) in [5.41, 5.74) is 2.74. The number of aromatic nitrogens is 4. The smallest absolute Gasteiger partial charge is 0.316 e. The molecule has 0 aromatic carbocycles. The lowest BCUT2D eigenvalue weighted by molar-refractivity contribution is 0.217. The molecule has 0 saturated heterocycles. The minimum absolute atomic E-state index is 0.112. The molecule has 2 aromatic rings. The highest BCUT2D eigenvalue weighted by Crippen LogP contribution is 2.20. The standard InChI is InChI=1S/C13H21ClN6O/c1-5-20-12-11(9(2)17-20)16-10(8-14)19(12)7-6-15-13(21)18(3)4/h5-8H2,1-4H3,(H,15,21). The molecule has 21 heavy (non-hydrogen) atoms. The first-order chi connectivity index (χ1) is 9.99. The van der Waals surface area contributed by atoms with Crippen molar-refractivity contribution < 1.29 is 4.79 Å². The molecule has 116 valence electrons. The second-order valence-corrected chi connectivity index (χ2v) is 5.28. The third kappa shape index (κ3) is 2.97. The number of hydrogen-bond acceptors (Lipinski definition) is 3. The summed E-state index contributed by atoms with van der Waals surface area (Å²) < 4.78 is 3.95. The van der Waals surface area contributed by atoms with Crippen molar-refractivity contribution in [1.82, 2.24) is 29.5 Å². The Bertz CT molecular complexity index is 645. The quantitative estimate of drug-likeness (QED) is 0.852. The Morgan fingerprint density at radius 2 is 2.14 bits per heavy atom. The zero-order valence-electron chi connectivity index (χ0n) is 12.9. The van der Waals surface area contributed by atoms with Gasteiger partial charge in [0.05, 0.1) is 11.6 Å². The van der Waals surface area contributed by atoms with Gasteiger partial charge in [-0.15, -0.1) is 11.6 Å². The molecule has 0 fully saturated rings. The van der Waals surface area contributed by atoms with Crippen molar-refractivity contribution in [2.75, 3.05) is 20.6 Å². The summed E-state index contributed by atoms with van der Waals surface area (Å²) in [6.07, 6.45) is 0. The fourth-order valence-electron chi connectivity index (χ4n) is 2.26. The van der Waals surface area contributed by atoms with Crippen LogP contribution in [0.2, 0.25) is 0 Å². The number of carbonyl (C=O) groups is 1. The molecule has 0 aliphatic carbocycles. The van der Waals surface area contributed by atoms with Crippen molar-refractivity contribution in [3.63, 3.8) is 0 Å². The van der Waals surface area contributed by atoms with Gasteiger partial charge in [0, 0.05) is 33.7 Å². The molecular weight excluding hydrogens is 292 g/mol. The van der Waals surface area contributed by atoms with E-state index in [2.05, 4.69) is 15.4 Å². The van der Waals surface area contributed by atoms with Crippen LogP contribution in [0.3, 0.4) is 0 Å². The average molecular weight is 313 g/mol. The number of nitrogens with zero attached hydrogens (tertiary/aromatic N) is 5. The number of fused-ring (bicyclic) bond motifs is 1. The second kappa shape index (κ2) is 6.34. The molecule has 0 radical (unpaired) electrons. The Kier molecular flexibility index (Phi) is 4.72. The molecule has 0 aliphatic heterocycles. The number of halogens is 1. The summed E-state index contributed by atoms with van der Waals surface area (Å²) in [5, 5.41) is 7.32. The van der Waals surface area contributed by atoms with E-state index < -0.39 is 0 Å². The summed E-state index contributed by atoms with van der Waals surface area (Å²) in [7, 11) is 3.43. The van der Waals surface area contributed by atoms with Crippen LogP contribution in [0.5, 0.6) is 0 Å². The van der Waals surface area contributed by atoms with Gasteiger partial charge in [-0.25, -0.2) is 14.5 Å². The van der Waals surface area contributed by atoms with E-state index in [4.69, 9.17) is 11.6 Å². The first kappa shape index (κ1) is 15.6. The summed E-state index contributed by atoms with van der Waals surface area (Å²) in [6.45, 7) is 5.88. The molecule has 2 aromatic heterocycles. The van der Waals surface area contributed by atoms with Gasteiger partial charge in [0.15, 0.2) is 5.65 Å². The van der Waals surface area contributed by atoms with Crippen molar-refractivity contribution in [1.29, 1.82) is 0 Å². The number of aryl methyl sites for hydroxylation is 2. The summed E-state index contributed by atoms with van der Waals surface area (Å²) in [6, 6.07) is -0.112. The van der Waals surface area contributed by atoms with E-state index in [1.807, 2.05) is 23.1 Å². The molecule has 2 rings (SSSR count). The van der Waals surface area contributed by atoms with Crippen LogP contribution in [0.25, 0.3) is 11.2 Å². The van der Waals surface area contributed by atoms with Crippen LogP contribution in [0.15, 0.2) is 0 Å². The van der Waals surface area contributed by atoms with Crippen LogP contribution in [0, 0.1) is 6.92 Å². The van der Waals surface area contributed by atoms with Gasteiger partial charge in [-0.1, -0.05) is 0 Å². The molecule has 7 nitrogen and oxygen atoms in total. The zero-order valence-corrected chi connectivity index (χ0v) is 13.6. The molecule has 2 amide bonds. The molecule has 0 aliphatic rings. The van der Waals surface area contributed by atoms with Gasteiger partial charge in [0.2, 0.25) is 0 Å². The maximum absolute atomic E-state index is 11.6. The minimum Gasteiger partial charge on any atom is -0.336 e. The molecular formula is C13H21ClN6O. The molecule has 0 unspecified atom stereocenters. The predicted molar refractivity (Wildman–Crippen MR) is 82.6 cm³/mol. The SMILES string of the molecule is CCn1nc(C)c2nc(CCl)n(CCNC(=O)N(C)C)c21. The maximum atomic E-state index is 11.6. The molecule has 8 heteroatoms. The van der Waals surface area contributed by atoms with Gasteiger partial charge in [-0.3, -0.25) is 0 Å². The molecule has 0 saturated carbocycles. The Morgan fingerprint density at radius 1 is 1.43 bits per heavy atom. The van der Waals surface area contributed by atoms with Crippen LogP contribution in [0.1, 0.15) is 18.4 Å². The number of alkyl halides is 1. The van der Waals surface area contributed by atoms with Crippen LogP contribution in [0.4, 0.5) is 4.79 Å². The van der Waals surface area contributed by atoms with E-state index in [1.165, 1.54) is 4.90 Å². The first-order valence-electron chi connectivity index (χ1n) is 6.93. The number of imidazole rings is 1. The summed E-state index contributed by atoms with van der Waals surface area (Å²) in [4.78, 5) is 17.6. The third-order valence-corrected chi connectivity index (χ3v) is 3.55. The van der Waals surface area contributed by atoms with Crippen molar-refractivity contribution in [3.05, 3.63) is 11.5 Å². The van der Waals surface area contributed by atoms with Gasteiger partial charge in [-0.05, 0) is 13.8 Å². The lowest BCUT2D eigenvalue weighted by Crippen LogP contribution is -2.36. The van der Waals surface area contributed by atoms with E-state index in [9.17, 15) is 4.79 Å². The van der Waals surface area contributed by atoms with Crippen molar-refractivity contribution in [2.45, 2.75) is 32.8 Å². The monoisotopic (exact) mass is 312 g/mol. The molecule has 0 spiro atoms. The van der Waals surface area contributed by atoms with Crippen LogP contribution in [-0.2, 0) is 19.0 Å². The Morgan fingerprint density at radius 3 is 2.71 bits per heavy atom. The number of amides is 2. The Balaban J connectivity index is 2.26. The summed E-state index contributed by atoms with van der Waals surface area (Å²) >= 11 is 5.99. The topological polar surface area (TPSA) is 68.0 Å². The molecule has 2 heterocycles. The third-order valence-electron chi connectivity index (χ3n) is 3.31. The normalized spacial score (nSPS) is 11.1. The van der Waals surface area contributed by atoms with Crippen LogP contribution < -0.4 is 5.32 Å². The number of carbonyl (C=O) groups excluding carboxylic acids is 1. The van der Waals surface area contributed by atoms with E-state index in [0.717, 1.165) is 29.2 Å². The van der Waals surface area contributed by atoms with E-state index in [1.54, 1.807) is 14.1 Å². The first-order valence-corrected chi connectivity index (χ1v) is 7.46. The highest BCUT2D eigenvalue weighted by molar-refractivity contribution is 6.16. The largest absolute Gasteiger partial charge is 0.336 e. The Labute approximate surface area is 128 Å². The highest BCUT2D eigenvalue weighted by Gasteiger charge is 2.17. The van der Waals surface area contributed by atoms with Gasteiger partial charge >= 0.3 is 6.03 Å². The fraction of sp³-hybridized carbons (Fsp3) is 0.615. The van der Waals surface area contributed by atoms with Gasteiger partial charge in [0.1, 0.15) is 11.3 Å². The number of rotatable bonds is 5. The average Bonchev–Trinajstić information content (AvgIpc) is 2.97. The molecule has 1 N–H and O–H groups in total. The number of nitrogens with one attached hydrogen (secondary N) is 1. The van der Waals surface area contributed by atoms with Crippen LogP contribution >= 0.6 is 11.6 Å². The van der Waals surface area contributed by atoms with Crippen LogP contribution in [-0.4, -0.2) is 50.9 Å². The van der Waals surface area contributed by atoms with Crippen molar-refractivity contribution >= 4 is 28.8 Å². The van der Waals surface area contributed by atoms with Crippen molar-refractivity contribution in [2.24, 2.45) is 0 Å². The second-order valence-electron chi connectivity index (χ2n) is 5.01. The van der Waals surface area contributed by atoms with E-state index in [0.29, 0.717) is 19.0 Å². The van der Waals surface area contributed by atoms with Crippen molar-refractivity contribution in [3.8, 4) is 0 Å². The molecule has 0 bridgehead atoms. The van der Waals surface area contributed by atoms with E-state index in [-0.39, 0.29) is 6.03 Å². The number of hydrogen-bond donors (Lipinski definition) is 1. The van der Waals surface area contributed by atoms with E-state index >= 15 is 0 Å². The summed E-state index contributed by atoms with van der Waals surface area (Å²) in [5.74, 6) is 1.13. The Hall–Kier alpha value is -1.76. The lowest BCUT2D eigenvalue weighted by atomic mass is 10.4.